The Bertz CT molecular complexity index is 707. The molecule has 0 bridgehead atoms. The van der Waals surface area contributed by atoms with Crippen LogP contribution in [-0.4, -0.2) is 30.1 Å². The number of nitrogens with zero attached hydrogens (tertiary/aromatic N) is 1. The second kappa shape index (κ2) is 8.01. The fourth-order valence-corrected chi connectivity index (χ4v) is 3.53. The van der Waals surface area contributed by atoms with Gasteiger partial charge in [-0.15, -0.1) is 0 Å². The minimum absolute atomic E-state index is 0.102. The van der Waals surface area contributed by atoms with E-state index in [9.17, 15) is 9.59 Å². The molecule has 2 aromatic rings. The molecule has 2 atom stereocenters. The average molecular weight is 340 g/mol. The number of benzene rings is 1. The van der Waals surface area contributed by atoms with Crippen molar-refractivity contribution >= 4 is 11.9 Å². The Balaban J connectivity index is 1.59. The lowest BCUT2D eigenvalue weighted by atomic mass is 9.79. The predicted molar refractivity (Wildman–Crippen MR) is 95.6 cm³/mol. The van der Waals surface area contributed by atoms with Crippen molar-refractivity contribution in [3.8, 4) is 5.69 Å². The number of aromatic nitrogens is 1. The van der Waals surface area contributed by atoms with E-state index in [4.69, 9.17) is 4.74 Å². The molecule has 1 N–H and O–H groups in total. The Morgan fingerprint density at radius 3 is 2.48 bits per heavy atom. The SMILES string of the molecule is COC(=O)C1CCCCC1CNC(=O)c1ccc(-n2cccc2)cc1. The summed E-state index contributed by atoms with van der Waals surface area (Å²) in [6, 6.07) is 11.4. The third-order valence-corrected chi connectivity index (χ3v) is 4.97. The summed E-state index contributed by atoms with van der Waals surface area (Å²) in [6.45, 7) is 0.512. The van der Waals surface area contributed by atoms with Gasteiger partial charge in [-0.05, 0) is 55.2 Å². The fraction of sp³-hybridized carbons (Fsp3) is 0.400. The second-order valence-electron chi connectivity index (χ2n) is 6.52. The van der Waals surface area contributed by atoms with Crippen LogP contribution in [0.4, 0.5) is 0 Å². The molecule has 0 radical (unpaired) electrons. The third kappa shape index (κ3) is 4.10. The van der Waals surface area contributed by atoms with Crippen LogP contribution in [0.15, 0.2) is 48.8 Å². The summed E-state index contributed by atoms with van der Waals surface area (Å²) in [5.74, 6) is -0.206. The van der Waals surface area contributed by atoms with Gasteiger partial charge in [0.15, 0.2) is 0 Å². The van der Waals surface area contributed by atoms with E-state index in [1.807, 2.05) is 53.4 Å². The van der Waals surface area contributed by atoms with Crippen molar-refractivity contribution in [2.75, 3.05) is 13.7 Å². The van der Waals surface area contributed by atoms with Crippen molar-refractivity contribution in [1.82, 2.24) is 9.88 Å². The molecule has 1 fully saturated rings. The van der Waals surface area contributed by atoms with Crippen molar-refractivity contribution in [3.05, 3.63) is 54.4 Å². The minimum Gasteiger partial charge on any atom is -0.469 e. The highest BCUT2D eigenvalue weighted by Crippen LogP contribution is 2.30. The van der Waals surface area contributed by atoms with Crippen molar-refractivity contribution in [2.45, 2.75) is 25.7 Å². The lowest BCUT2D eigenvalue weighted by molar-refractivity contribution is -0.148. The summed E-state index contributed by atoms with van der Waals surface area (Å²) in [4.78, 5) is 24.3. The molecule has 5 heteroatoms. The van der Waals surface area contributed by atoms with E-state index >= 15 is 0 Å². The maximum Gasteiger partial charge on any atom is 0.309 e. The second-order valence-corrected chi connectivity index (χ2v) is 6.52. The molecule has 3 rings (SSSR count). The third-order valence-electron chi connectivity index (χ3n) is 4.97. The van der Waals surface area contributed by atoms with Gasteiger partial charge in [0.1, 0.15) is 0 Å². The predicted octanol–water partition coefficient (Wildman–Crippen LogP) is 3.19. The number of ether oxygens (including phenoxy) is 1. The van der Waals surface area contributed by atoms with Gasteiger partial charge >= 0.3 is 5.97 Å². The quantitative estimate of drug-likeness (QED) is 0.851. The first-order chi connectivity index (χ1) is 12.2. The lowest BCUT2D eigenvalue weighted by Gasteiger charge is -2.29. The number of amides is 1. The molecule has 0 aliphatic heterocycles. The Morgan fingerprint density at radius 1 is 1.12 bits per heavy atom. The van der Waals surface area contributed by atoms with Gasteiger partial charge in [0, 0.05) is 30.2 Å². The molecule has 25 heavy (non-hydrogen) atoms. The van der Waals surface area contributed by atoms with Gasteiger partial charge in [-0.1, -0.05) is 12.8 Å². The van der Waals surface area contributed by atoms with Crippen molar-refractivity contribution < 1.29 is 14.3 Å². The number of hydrogen-bond donors (Lipinski definition) is 1. The Hall–Kier alpha value is -2.56. The van der Waals surface area contributed by atoms with E-state index in [1.54, 1.807) is 0 Å². The molecular weight excluding hydrogens is 316 g/mol. The summed E-state index contributed by atoms with van der Waals surface area (Å²) >= 11 is 0. The number of carbonyl (C=O) groups is 2. The lowest BCUT2D eigenvalue weighted by Crippen LogP contribution is -2.37. The van der Waals surface area contributed by atoms with Crippen molar-refractivity contribution in [3.63, 3.8) is 0 Å². The van der Waals surface area contributed by atoms with E-state index in [0.29, 0.717) is 12.1 Å². The smallest absolute Gasteiger partial charge is 0.309 e. The van der Waals surface area contributed by atoms with E-state index in [1.165, 1.54) is 7.11 Å². The highest BCUT2D eigenvalue weighted by atomic mass is 16.5. The number of carbonyl (C=O) groups excluding carboxylic acids is 2. The van der Waals surface area contributed by atoms with Crippen LogP contribution in [0.5, 0.6) is 0 Å². The summed E-state index contributed by atoms with van der Waals surface area (Å²) in [5, 5.41) is 2.98. The van der Waals surface area contributed by atoms with Gasteiger partial charge in [0.05, 0.1) is 13.0 Å². The summed E-state index contributed by atoms with van der Waals surface area (Å²) in [7, 11) is 1.43. The van der Waals surface area contributed by atoms with Crippen LogP contribution < -0.4 is 5.32 Å². The summed E-state index contributed by atoms with van der Waals surface area (Å²) in [6.07, 6.45) is 7.87. The monoisotopic (exact) mass is 340 g/mol. The molecule has 0 saturated heterocycles. The normalized spacial score (nSPS) is 20.0. The molecule has 1 saturated carbocycles. The molecule has 1 heterocycles. The number of methoxy groups -OCH3 is 1. The molecule has 5 nitrogen and oxygen atoms in total. The molecule has 2 unspecified atom stereocenters. The van der Waals surface area contributed by atoms with Crippen LogP contribution in [0.1, 0.15) is 36.0 Å². The van der Waals surface area contributed by atoms with E-state index in [2.05, 4.69) is 5.32 Å². The number of esters is 1. The summed E-state index contributed by atoms with van der Waals surface area (Å²) < 4.78 is 6.90. The van der Waals surface area contributed by atoms with E-state index in [0.717, 1.165) is 31.4 Å². The van der Waals surface area contributed by atoms with Crippen molar-refractivity contribution in [2.24, 2.45) is 11.8 Å². The zero-order valence-electron chi connectivity index (χ0n) is 14.5. The molecular formula is C20H24N2O3. The van der Waals surface area contributed by atoms with E-state index in [-0.39, 0.29) is 23.7 Å². The maximum atomic E-state index is 12.4. The van der Waals surface area contributed by atoms with Crippen LogP contribution in [-0.2, 0) is 9.53 Å². The van der Waals surface area contributed by atoms with Crippen LogP contribution in [0, 0.1) is 11.8 Å². The van der Waals surface area contributed by atoms with Gasteiger partial charge in [-0.25, -0.2) is 0 Å². The van der Waals surface area contributed by atoms with Crippen LogP contribution in [0.2, 0.25) is 0 Å². The minimum atomic E-state index is -0.157. The number of hydrogen-bond acceptors (Lipinski definition) is 3. The molecule has 1 aromatic heterocycles. The van der Waals surface area contributed by atoms with Gasteiger partial charge in [-0.3, -0.25) is 9.59 Å². The van der Waals surface area contributed by atoms with Gasteiger partial charge in [-0.2, -0.15) is 0 Å². The highest BCUT2D eigenvalue weighted by Gasteiger charge is 2.31. The molecule has 132 valence electrons. The van der Waals surface area contributed by atoms with E-state index < -0.39 is 0 Å². The molecule has 0 spiro atoms. The van der Waals surface area contributed by atoms with Crippen LogP contribution in [0.3, 0.4) is 0 Å². The summed E-state index contributed by atoms with van der Waals surface area (Å²) in [5.41, 5.74) is 1.64. The molecule has 1 amide bonds. The molecule has 1 aromatic carbocycles. The molecule has 1 aliphatic carbocycles. The zero-order chi connectivity index (χ0) is 17.6. The fourth-order valence-electron chi connectivity index (χ4n) is 3.53. The first kappa shape index (κ1) is 17.3. The average Bonchev–Trinajstić information content (AvgIpc) is 3.20. The van der Waals surface area contributed by atoms with Crippen molar-refractivity contribution in [1.29, 1.82) is 0 Å². The first-order valence-electron chi connectivity index (χ1n) is 8.78. The van der Waals surface area contributed by atoms with Gasteiger partial charge < -0.3 is 14.6 Å². The topological polar surface area (TPSA) is 60.3 Å². The van der Waals surface area contributed by atoms with Gasteiger partial charge in [0.2, 0.25) is 0 Å². The van der Waals surface area contributed by atoms with Crippen LogP contribution in [0.25, 0.3) is 5.69 Å². The Morgan fingerprint density at radius 2 is 1.80 bits per heavy atom. The maximum absolute atomic E-state index is 12.4. The largest absolute Gasteiger partial charge is 0.469 e. The van der Waals surface area contributed by atoms with Crippen LogP contribution >= 0.6 is 0 Å². The first-order valence-corrected chi connectivity index (χ1v) is 8.78. The highest BCUT2D eigenvalue weighted by molar-refractivity contribution is 5.94. The Kier molecular flexibility index (Phi) is 5.53. The number of nitrogens with one attached hydrogen (secondary N) is 1. The van der Waals surface area contributed by atoms with Gasteiger partial charge in [0.25, 0.3) is 5.91 Å². The number of rotatable bonds is 5. The standard InChI is InChI=1S/C20H24N2O3/c1-25-20(24)18-7-3-2-6-16(18)14-21-19(23)15-8-10-17(11-9-15)22-12-4-5-13-22/h4-5,8-13,16,18H,2-3,6-7,14H2,1H3,(H,21,23). The zero-order valence-corrected chi connectivity index (χ0v) is 14.5. The Labute approximate surface area is 148 Å². The molecule has 1 aliphatic rings.